The van der Waals surface area contributed by atoms with Crippen LogP contribution in [0.15, 0.2) is 41.3 Å². The standard InChI is InChI=1S/C25H29FN2O4S/c1-3-28(4-2)12-5-6-16-14-17(26)7-10-22(16)33-27-20-9-8-19-18-11-13-31-21(18)15-32-24(19)23(20)25(29)30/h5-10,14,18,21,27H,3-4,11-13,15H2,1-2H3,(H,29,30)/b6-5-. The molecule has 0 aliphatic carbocycles. The summed E-state index contributed by atoms with van der Waals surface area (Å²) in [5, 5.41) is 9.94. The predicted octanol–water partition coefficient (Wildman–Crippen LogP) is 5.26. The maximum atomic E-state index is 13.9. The van der Waals surface area contributed by atoms with E-state index in [0.717, 1.165) is 42.1 Å². The van der Waals surface area contributed by atoms with Gasteiger partial charge < -0.3 is 24.2 Å². The van der Waals surface area contributed by atoms with E-state index in [1.165, 1.54) is 24.1 Å². The highest BCUT2D eigenvalue weighted by Crippen LogP contribution is 2.45. The second kappa shape index (κ2) is 10.6. The fraction of sp³-hybridized carbons (Fsp3) is 0.400. The number of nitrogens with zero attached hydrogens (tertiary/aromatic N) is 1. The summed E-state index contributed by atoms with van der Waals surface area (Å²) in [5.41, 5.74) is 2.19. The summed E-state index contributed by atoms with van der Waals surface area (Å²) < 4.78 is 28.6. The van der Waals surface area contributed by atoms with Gasteiger partial charge in [0.15, 0.2) is 0 Å². The summed E-state index contributed by atoms with van der Waals surface area (Å²) in [6.45, 7) is 7.89. The van der Waals surface area contributed by atoms with Crippen molar-refractivity contribution in [3.8, 4) is 5.75 Å². The Kier molecular flexibility index (Phi) is 7.57. The molecular formula is C25H29FN2O4S. The number of aromatic carboxylic acids is 1. The molecule has 33 heavy (non-hydrogen) atoms. The molecule has 2 aliphatic heterocycles. The Labute approximate surface area is 197 Å². The summed E-state index contributed by atoms with van der Waals surface area (Å²) in [7, 11) is 0. The van der Waals surface area contributed by atoms with Crippen molar-refractivity contribution in [2.75, 3.05) is 37.6 Å². The largest absolute Gasteiger partial charge is 0.490 e. The summed E-state index contributed by atoms with van der Waals surface area (Å²) >= 11 is 1.26. The first-order chi connectivity index (χ1) is 16.0. The van der Waals surface area contributed by atoms with E-state index in [4.69, 9.17) is 9.47 Å². The maximum absolute atomic E-state index is 13.9. The zero-order valence-corrected chi connectivity index (χ0v) is 19.7. The molecule has 176 valence electrons. The normalized spacial score (nSPS) is 19.4. The van der Waals surface area contributed by atoms with Gasteiger partial charge in [-0.15, -0.1) is 0 Å². The fourth-order valence-corrected chi connectivity index (χ4v) is 5.11. The van der Waals surface area contributed by atoms with Gasteiger partial charge >= 0.3 is 5.97 Å². The van der Waals surface area contributed by atoms with Crippen LogP contribution in [-0.2, 0) is 4.74 Å². The first-order valence-electron chi connectivity index (χ1n) is 11.3. The third-order valence-corrected chi connectivity index (χ3v) is 7.11. The van der Waals surface area contributed by atoms with Crippen LogP contribution >= 0.6 is 11.9 Å². The summed E-state index contributed by atoms with van der Waals surface area (Å²) in [4.78, 5) is 15.2. The number of fused-ring (bicyclic) bond motifs is 3. The molecule has 6 nitrogen and oxygen atoms in total. The number of rotatable bonds is 9. The molecule has 4 rings (SSSR count). The number of likely N-dealkylation sites (N-methyl/N-ethyl adjacent to an activating group) is 1. The molecule has 2 atom stereocenters. The Hall–Kier alpha value is -2.55. The highest BCUT2D eigenvalue weighted by Gasteiger charge is 2.38. The molecule has 0 saturated carbocycles. The van der Waals surface area contributed by atoms with Crippen molar-refractivity contribution in [2.45, 2.75) is 37.2 Å². The molecule has 2 aromatic carbocycles. The van der Waals surface area contributed by atoms with E-state index in [1.54, 1.807) is 12.1 Å². The van der Waals surface area contributed by atoms with Crippen molar-refractivity contribution in [1.29, 1.82) is 0 Å². The first-order valence-corrected chi connectivity index (χ1v) is 12.1. The highest BCUT2D eigenvalue weighted by atomic mass is 32.2. The molecule has 1 saturated heterocycles. The van der Waals surface area contributed by atoms with Gasteiger partial charge in [-0.1, -0.05) is 32.1 Å². The lowest BCUT2D eigenvalue weighted by Gasteiger charge is -2.29. The van der Waals surface area contributed by atoms with Crippen LogP contribution in [0.25, 0.3) is 6.08 Å². The van der Waals surface area contributed by atoms with Crippen LogP contribution in [0.4, 0.5) is 10.1 Å². The summed E-state index contributed by atoms with van der Waals surface area (Å²) in [5.74, 6) is -0.791. The molecular weight excluding hydrogens is 443 g/mol. The molecule has 0 aromatic heterocycles. The topological polar surface area (TPSA) is 71.0 Å². The van der Waals surface area contributed by atoms with Crippen molar-refractivity contribution in [1.82, 2.24) is 4.90 Å². The van der Waals surface area contributed by atoms with E-state index in [9.17, 15) is 14.3 Å². The van der Waals surface area contributed by atoms with Crippen molar-refractivity contribution in [3.05, 3.63) is 58.9 Å². The average Bonchev–Trinajstić information content (AvgIpc) is 3.30. The molecule has 1 fully saturated rings. The van der Waals surface area contributed by atoms with E-state index >= 15 is 0 Å². The highest BCUT2D eigenvalue weighted by molar-refractivity contribution is 8.00. The van der Waals surface area contributed by atoms with E-state index in [2.05, 4.69) is 23.5 Å². The average molecular weight is 473 g/mol. The van der Waals surface area contributed by atoms with Crippen LogP contribution < -0.4 is 9.46 Å². The number of anilines is 1. The lowest BCUT2D eigenvalue weighted by molar-refractivity contribution is 0.0484. The minimum Gasteiger partial charge on any atom is -0.490 e. The SMILES string of the molecule is CCN(CC)C/C=C\c1cc(F)ccc1SNc1ccc2c(c1C(=O)O)OCC1OCCC21. The Morgan fingerprint density at radius 3 is 2.88 bits per heavy atom. The number of ether oxygens (including phenoxy) is 2. The number of benzene rings is 2. The number of halogens is 1. The number of carboxylic acids is 1. The number of nitrogens with one attached hydrogen (secondary N) is 1. The molecule has 2 aliphatic rings. The third kappa shape index (κ3) is 5.18. The molecule has 2 heterocycles. The minimum absolute atomic E-state index is 0.0165. The summed E-state index contributed by atoms with van der Waals surface area (Å²) in [6.07, 6.45) is 4.76. The van der Waals surface area contributed by atoms with Gasteiger partial charge in [-0.25, -0.2) is 9.18 Å². The van der Waals surface area contributed by atoms with E-state index in [-0.39, 0.29) is 23.4 Å². The third-order valence-electron chi connectivity index (χ3n) is 6.20. The lowest BCUT2D eigenvalue weighted by Crippen LogP contribution is -2.29. The molecule has 2 unspecified atom stereocenters. The van der Waals surface area contributed by atoms with E-state index in [1.807, 2.05) is 18.2 Å². The van der Waals surface area contributed by atoms with Gasteiger partial charge in [-0.2, -0.15) is 0 Å². The molecule has 2 N–H and O–H groups in total. The van der Waals surface area contributed by atoms with Crippen LogP contribution in [0.2, 0.25) is 0 Å². The molecule has 0 bridgehead atoms. The fourth-order valence-electron chi connectivity index (χ4n) is 4.34. The van der Waals surface area contributed by atoms with Crippen LogP contribution in [0, 0.1) is 5.82 Å². The minimum atomic E-state index is -1.05. The zero-order chi connectivity index (χ0) is 23.4. The number of hydrogen-bond donors (Lipinski definition) is 2. The maximum Gasteiger partial charge on any atom is 0.341 e. The predicted molar refractivity (Wildman–Crippen MR) is 129 cm³/mol. The number of carboxylic acid groups (broad SMARTS) is 1. The molecule has 2 aromatic rings. The number of carbonyl (C=O) groups is 1. The zero-order valence-electron chi connectivity index (χ0n) is 18.8. The van der Waals surface area contributed by atoms with E-state index < -0.39 is 5.97 Å². The second-order valence-electron chi connectivity index (χ2n) is 8.10. The van der Waals surface area contributed by atoms with Gasteiger partial charge in [-0.3, -0.25) is 0 Å². The van der Waals surface area contributed by atoms with Crippen molar-refractivity contribution in [2.24, 2.45) is 0 Å². The Balaban J connectivity index is 1.56. The number of hydrogen-bond acceptors (Lipinski definition) is 6. The van der Waals surface area contributed by atoms with Gasteiger partial charge in [-0.05, 0) is 61.3 Å². The van der Waals surface area contributed by atoms with E-state index in [0.29, 0.717) is 24.7 Å². The smallest absolute Gasteiger partial charge is 0.341 e. The molecule has 8 heteroatoms. The Morgan fingerprint density at radius 2 is 2.12 bits per heavy atom. The molecule has 0 radical (unpaired) electrons. The lowest BCUT2D eigenvalue weighted by atomic mass is 9.88. The first kappa shape index (κ1) is 23.6. The quantitative estimate of drug-likeness (QED) is 0.482. The van der Waals surface area contributed by atoms with Crippen molar-refractivity contribution < 1.29 is 23.8 Å². The van der Waals surface area contributed by atoms with Gasteiger partial charge in [0.05, 0.1) is 11.8 Å². The Morgan fingerprint density at radius 1 is 1.30 bits per heavy atom. The van der Waals surface area contributed by atoms with Gasteiger partial charge in [0.1, 0.15) is 23.7 Å². The van der Waals surface area contributed by atoms with Crippen LogP contribution in [0.1, 0.15) is 47.7 Å². The monoisotopic (exact) mass is 472 g/mol. The molecule has 0 spiro atoms. The van der Waals surface area contributed by atoms with Crippen molar-refractivity contribution >= 4 is 29.7 Å². The van der Waals surface area contributed by atoms with Gasteiger partial charge in [0.2, 0.25) is 0 Å². The molecule has 0 amide bonds. The second-order valence-corrected chi connectivity index (χ2v) is 8.95. The van der Waals surface area contributed by atoms with Gasteiger partial charge in [0.25, 0.3) is 0 Å². The van der Waals surface area contributed by atoms with Gasteiger partial charge in [0, 0.05) is 29.5 Å². The Bertz CT molecular complexity index is 1040. The van der Waals surface area contributed by atoms with Crippen LogP contribution in [0.5, 0.6) is 5.75 Å². The van der Waals surface area contributed by atoms with Crippen molar-refractivity contribution in [3.63, 3.8) is 0 Å². The van der Waals surface area contributed by atoms with Crippen LogP contribution in [-0.4, -0.2) is 54.9 Å². The van der Waals surface area contributed by atoms with Crippen LogP contribution in [0.3, 0.4) is 0 Å². The summed E-state index contributed by atoms with van der Waals surface area (Å²) in [6, 6.07) is 8.28.